The molecule has 24 heavy (non-hydrogen) atoms. The molecule has 3 heteroatoms. The second-order valence-corrected chi connectivity index (χ2v) is 8.28. The molecule has 1 aromatic rings. The van der Waals surface area contributed by atoms with Gasteiger partial charge in [-0.25, -0.2) is 0 Å². The molecular weight excluding hydrogens is 298 g/mol. The minimum atomic E-state index is -0.176. The van der Waals surface area contributed by atoms with E-state index in [1.54, 1.807) is 6.92 Å². The fraction of sp³-hybridized carbons (Fsp3) is 0.667. The Hall–Kier alpha value is -1.19. The Kier molecular flexibility index (Phi) is 5.12. The average molecular weight is 329 g/mol. The topological polar surface area (TPSA) is 29.5 Å². The maximum Gasteiger partial charge on any atom is 0.136 e. The van der Waals surface area contributed by atoms with Crippen molar-refractivity contribution in [1.82, 2.24) is 4.90 Å². The van der Waals surface area contributed by atoms with E-state index in [1.165, 1.54) is 5.56 Å². The van der Waals surface area contributed by atoms with Gasteiger partial charge in [-0.3, -0.25) is 9.69 Å². The van der Waals surface area contributed by atoms with Gasteiger partial charge in [0.1, 0.15) is 5.78 Å². The Bertz CT molecular complexity index is 560. The number of likely N-dealkylation sites (tertiary alicyclic amines) is 1. The van der Waals surface area contributed by atoms with E-state index < -0.39 is 0 Å². The van der Waals surface area contributed by atoms with Crippen LogP contribution in [0.3, 0.4) is 0 Å². The average Bonchev–Trinajstić information content (AvgIpc) is 2.55. The molecule has 1 unspecified atom stereocenters. The molecule has 0 spiro atoms. The molecule has 2 heterocycles. The third-order valence-electron chi connectivity index (χ3n) is 6.10. The summed E-state index contributed by atoms with van der Waals surface area (Å²) in [6.45, 7) is 10.00. The van der Waals surface area contributed by atoms with Crippen molar-refractivity contribution in [1.29, 1.82) is 0 Å². The third-order valence-corrected chi connectivity index (χ3v) is 6.10. The summed E-state index contributed by atoms with van der Waals surface area (Å²) in [5.41, 5.74) is 1.04. The molecule has 0 aliphatic carbocycles. The molecule has 3 rings (SSSR count). The van der Waals surface area contributed by atoms with Crippen LogP contribution >= 0.6 is 0 Å². The van der Waals surface area contributed by atoms with Crippen molar-refractivity contribution in [3.8, 4) is 0 Å². The smallest absolute Gasteiger partial charge is 0.136 e. The SMILES string of the molecule is CC(=O)C1(C2CCN(Cc3ccccc3)CC2)CCOC(C)(C)C1. The lowest BCUT2D eigenvalue weighted by atomic mass is 9.61. The number of ketones is 1. The summed E-state index contributed by atoms with van der Waals surface area (Å²) in [7, 11) is 0. The summed E-state index contributed by atoms with van der Waals surface area (Å²) in [5.74, 6) is 0.880. The highest BCUT2D eigenvalue weighted by Crippen LogP contribution is 2.48. The molecule has 0 N–H and O–H groups in total. The number of Topliss-reactive ketones (excluding diaryl/α,β-unsaturated/α-hetero) is 1. The quantitative estimate of drug-likeness (QED) is 0.834. The highest BCUT2D eigenvalue weighted by atomic mass is 16.5. The van der Waals surface area contributed by atoms with Gasteiger partial charge in [-0.05, 0) is 71.0 Å². The van der Waals surface area contributed by atoms with E-state index >= 15 is 0 Å². The number of benzene rings is 1. The number of hydrogen-bond acceptors (Lipinski definition) is 3. The lowest BCUT2D eigenvalue weighted by Gasteiger charge is -2.50. The summed E-state index contributed by atoms with van der Waals surface area (Å²) in [4.78, 5) is 15.1. The van der Waals surface area contributed by atoms with Gasteiger partial charge < -0.3 is 4.74 Å². The van der Waals surface area contributed by atoms with Crippen LogP contribution in [0.2, 0.25) is 0 Å². The van der Waals surface area contributed by atoms with Crippen LogP contribution in [0.1, 0.15) is 52.0 Å². The van der Waals surface area contributed by atoms with Crippen molar-refractivity contribution in [2.75, 3.05) is 19.7 Å². The Morgan fingerprint density at radius 2 is 1.88 bits per heavy atom. The normalized spacial score (nSPS) is 28.6. The first-order valence-electron chi connectivity index (χ1n) is 9.33. The van der Waals surface area contributed by atoms with Gasteiger partial charge in [0.2, 0.25) is 0 Å². The van der Waals surface area contributed by atoms with Gasteiger partial charge >= 0.3 is 0 Å². The molecule has 1 aromatic carbocycles. The molecule has 2 fully saturated rings. The predicted molar refractivity (Wildman–Crippen MR) is 96.8 cm³/mol. The zero-order valence-electron chi connectivity index (χ0n) is 15.4. The Balaban J connectivity index is 1.65. The number of rotatable bonds is 4. The monoisotopic (exact) mass is 329 g/mol. The second-order valence-electron chi connectivity index (χ2n) is 8.28. The van der Waals surface area contributed by atoms with Gasteiger partial charge in [0, 0.05) is 18.6 Å². The standard InChI is InChI=1S/C21H31NO2/c1-17(23)21(11-14-24-20(2,3)16-21)19-9-12-22(13-10-19)15-18-7-5-4-6-8-18/h4-8,19H,9-16H2,1-3H3. The molecule has 0 bridgehead atoms. The molecular formula is C21H31NO2. The first-order chi connectivity index (χ1) is 11.4. The fourth-order valence-corrected chi connectivity index (χ4v) is 4.83. The summed E-state index contributed by atoms with van der Waals surface area (Å²) >= 11 is 0. The molecule has 0 aromatic heterocycles. The first-order valence-corrected chi connectivity index (χ1v) is 9.33. The number of nitrogens with zero attached hydrogens (tertiary/aromatic N) is 1. The minimum Gasteiger partial charge on any atom is -0.376 e. The molecule has 0 saturated carbocycles. The zero-order valence-corrected chi connectivity index (χ0v) is 15.4. The van der Waals surface area contributed by atoms with Crippen LogP contribution in [0.4, 0.5) is 0 Å². The summed E-state index contributed by atoms with van der Waals surface area (Å²) in [5, 5.41) is 0. The van der Waals surface area contributed by atoms with Gasteiger partial charge in [0.25, 0.3) is 0 Å². The molecule has 132 valence electrons. The van der Waals surface area contributed by atoms with Crippen LogP contribution in [0.25, 0.3) is 0 Å². The first kappa shape index (κ1) is 17.6. The van der Waals surface area contributed by atoms with Gasteiger partial charge in [-0.2, -0.15) is 0 Å². The van der Waals surface area contributed by atoms with Crippen molar-refractivity contribution in [3.63, 3.8) is 0 Å². The highest BCUT2D eigenvalue weighted by molar-refractivity contribution is 5.83. The van der Waals surface area contributed by atoms with Crippen LogP contribution in [0.5, 0.6) is 0 Å². The highest BCUT2D eigenvalue weighted by Gasteiger charge is 2.49. The van der Waals surface area contributed by atoms with Crippen LogP contribution in [0, 0.1) is 11.3 Å². The summed E-state index contributed by atoms with van der Waals surface area (Å²) in [6.07, 6.45) is 4.03. The number of ether oxygens (including phenoxy) is 1. The molecule has 2 aliphatic heterocycles. The van der Waals surface area contributed by atoms with Crippen LogP contribution in [-0.4, -0.2) is 36.0 Å². The van der Waals surface area contributed by atoms with Crippen molar-refractivity contribution in [3.05, 3.63) is 35.9 Å². The number of hydrogen-bond donors (Lipinski definition) is 0. The fourth-order valence-electron chi connectivity index (χ4n) is 4.83. The Labute approximate surface area is 146 Å². The van der Waals surface area contributed by atoms with Crippen molar-refractivity contribution in [2.45, 2.75) is 58.6 Å². The Morgan fingerprint density at radius 3 is 2.46 bits per heavy atom. The number of carbonyl (C=O) groups is 1. The van der Waals surface area contributed by atoms with Gasteiger partial charge in [0.05, 0.1) is 5.60 Å². The van der Waals surface area contributed by atoms with Crippen LogP contribution in [-0.2, 0) is 16.1 Å². The van der Waals surface area contributed by atoms with Crippen molar-refractivity contribution in [2.24, 2.45) is 11.3 Å². The molecule has 1 atom stereocenters. The Morgan fingerprint density at radius 1 is 1.21 bits per heavy atom. The van der Waals surface area contributed by atoms with Gasteiger partial charge in [0.15, 0.2) is 0 Å². The lowest BCUT2D eigenvalue weighted by molar-refractivity contribution is -0.157. The van der Waals surface area contributed by atoms with Crippen LogP contribution < -0.4 is 0 Å². The van der Waals surface area contributed by atoms with E-state index in [2.05, 4.69) is 49.1 Å². The molecule has 2 saturated heterocycles. The maximum atomic E-state index is 12.6. The van der Waals surface area contributed by atoms with E-state index in [9.17, 15) is 4.79 Å². The molecule has 0 amide bonds. The maximum absolute atomic E-state index is 12.6. The summed E-state index contributed by atoms with van der Waals surface area (Å²) < 4.78 is 5.90. The van der Waals surface area contributed by atoms with E-state index in [1.807, 2.05) is 0 Å². The zero-order chi connectivity index (χ0) is 17.2. The molecule has 0 radical (unpaired) electrons. The second kappa shape index (κ2) is 6.97. The molecule has 3 nitrogen and oxygen atoms in total. The van der Waals surface area contributed by atoms with Crippen LogP contribution in [0.15, 0.2) is 30.3 Å². The van der Waals surface area contributed by atoms with Crippen molar-refractivity contribution >= 4 is 5.78 Å². The number of carbonyl (C=O) groups excluding carboxylic acids is 1. The van der Waals surface area contributed by atoms with Gasteiger partial charge in [-0.1, -0.05) is 30.3 Å². The predicted octanol–water partition coefficient (Wildman–Crippen LogP) is 4.06. The number of piperidine rings is 1. The minimum absolute atomic E-state index is 0.166. The van der Waals surface area contributed by atoms with E-state index in [-0.39, 0.29) is 11.0 Å². The largest absolute Gasteiger partial charge is 0.376 e. The van der Waals surface area contributed by atoms with E-state index in [4.69, 9.17) is 4.74 Å². The lowest BCUT2D eigenvalue weighted by Crippen LogP contribution is -2.51. The summed E-state index contributed by atoms with van der Waals surface area (Å²) in [6, 6.07) is 10.7. The molecule has 2 aliphatic rings. The van der Waals surface area contributed by atoms with Crippen molar-refractivity contribution < 1.29 is 9.53 Å². The van der Waals surface area contributed by atoms with Gasteiger partial charge in [-0.15, -0.1) is 0 Å². The van der Waals surface area contributed by atoms with E-state index in [0.29, 0.717) is 11.7 Å². The van der Waals surface area contributed by atoms with E-state index in [0.717, 1.165) is 51.9 Å². The third kappa shape index (κ3) is 3.73.